The van der Waals surface area contributed by atoms with E-state index in [1.54, 1.807) is 0 Å². The molecule has 0 aromatic heterocycles. The quantitative estimate of drug-likeness (QED) is 0.674. The second-order valence-corrected chi connectivity index (χ2v) is 4.55. The Morgan fingerprint density at radius 1 is 1.42 bits per heavy atom. The molecule has 2 aliphatic carbocycles. The molecule has 0 aromatic rings. The predicted molar refractivity (Wildman–Crippen MR) is 46.2 cm³/mol. The molecule has 4 atom stereocenters. The molecule has 2 saturated carbocycles. The minimum absolute atomic E-state index is 0.253. The fourth-order valence-electron chi connectivity index (χ4n) is 2.84. The lowest BCUT2D eigenvalue weighted by Gasteiger charge is -2.23. The molecule has 0 spiro atoms. The Kier molecular flexibility index (Phi) is 2.03. The molecule has 0 aliphatic heterocycles. The Morgan fingerprint density at radius 3 is 2.58 bits per heavy atom. The van der Waals surface area contributed by atoms with Gasteiger partial charge in [0.15, 0.2) is 0 Å². The van der Waals surface area contributed by atoms with E-state index in [1.807, 2.05) is 0 Å². The lowest BCUT2D eigenvalue weighted by Crippen LogP contribution is -2.28. The number of hydrogen-bond acceptors (Lipinski definition) is 1. The van der Waals surface area contributed by atoms with Crippen LogP contribution < -0.4 is 0 Å². The highest BCUT2D eigenvalue weighted by Crippen LogP contribution is 2.50. The van der Waals surface area contributed by atoms with E-state index in [1.165, 1.54) is 19.3 Å². The zero-order valence-corrected chi connectivity index (χ0v) is 7.63. The van der Waals surface area contributed by atoms with Crippen molar-refractivity contribution in [1.29, 1.82) is 0 Å². The molecule has 2 aliphatic rings. The maximum Gasteiger partial charge on any atom is 0.321 e. The summed E-state index contributed by atoms with van der Waals surface area (Å²) in [4.78, 5) is 10.6. The minimum atomic E-state index is -0.839. The van der Waals surface area contributed by atoms with E-state index in [0.29, 0.717) is 5.92 Å². The SMILES string of the molecule is O=C(O)[C@@H](Cl)[C@@H]1C[C@H]2CC[C@H]1C2. The lowest BCUT2D eigenvalue weighted by molar-refractivity contribution is -0.138. The van der Waals surface area contributed by atoms with Crippen molar-refractivity contribution < 1.29 is 9.90 Å². The van der Waals surface area contributed by atoms with Gasteiger partial charge in [-0.2, -0.15) is 0 Å². The van der Waals surface area contributed by atoms with Crippen LogP contribution in [-0.4, -0.2) is 16.5 Å². The van der Waals surface area contributed by atoms with Gasteiger partial charge in [0.25, 0.3) is 0 Å². The fraction of sp³-hybridized carbons (Fsp3) is 0.889. The Balaban J connectivity index is 2.02. The number of alkyl halides is 1. The molecule has 12 heavy (non-hydrogen) atoms. The first-order valence-electron chi connectivity index (χ1n) is 4.55. The molecule has 2 rings (SSSR count). The summed E-state index contributed by atoms with van der Waals surface area (Å²) in [5.41, 5.74) is 0. The highest BCUT2D eigenvalue weighted by Gasteiger charge is 2.44. The summed E-state index contributed by atoms with van der Waals surface area (Å²) in [6.07, 6.45) is 4.77. The minimum Gasteiger partial charge on any atom is -0.480 e. The molecule has 0 heterocycles. The second kappa shape index (κ2) is 2.91. The van der Waals surface area contributed by atoms with Crippen molar-refractivity contribution in [2.24, 2.45) is 17.8 Å². The number of rotatable bonds is 2. The van der Waals surface area contributed by atoms with E-state index in [-0.39, 0.29) is 5.92 Å². The van der Waals surface area contributed by atoms with Crippen molar-refractivity contribution in [3.63, 3.8) is 0 Å². The molecular weight excluding hydrogens is 176 g/mol. The first-order valence-corrected chi connectivity index (χ1v) is 4.99. The molecule has 0 aromatic carbocycles. The monoisotopic (exact) mass is 188 g/mol. The largest absolute Gasteiger partial charge is 0.480 e. The molecule has 2 bridgehead atoms. The van der Waals surface area contributed by atoms with E-state index in [0.717, 1.165) is 12.3 Å². The molecule has 68 valence electrons. The van der Waals surface area contributed by atoms with Crippen LogP contribution in [0.4, 0.5) is 0 Å². The number of carbonyl (C=O) groups is 1. The average Bonchev–Trinajstić information content (AvgIpc) is 2.62. The van der Waals surface area contributed by atoms with E-state index < -0.39 is 11.3 Å². The zero-order chi connectivity index (χ0) is 8.72. The molecule has 0 saturated heterocycles. The Bertz CT molecular complexity index is 205. The topological polar surface area (TPSA) is 37.3 Å². The van der Waals surface area contributed by atoms with Crippen molar-refractivity contribution >= 4 is 17.6 Å². The second-order valence-electron chi connectivity index (χ2n) is 4.08. The smallest absolute Gasteiger partial charge is 0.321 e. The van der Waals surface area contributed by atoms with Gasteiger partial charge in [-0.05, 0) is 37.0 Å². The fourth-order valence-corrected chi connectivity index (χ4v) is 3.14. The third-order valence-corrected chi connectivity index (χ3v) is 3.91. The molecule has 2 nitrogen and oxygen atoms in total. The van der Waals surface area contributed by atoms with Gasteiger partial charge in [0, 0.05) is 0 Å². The highest BCUT2D eigenvalue weighted by molar-refractivity contribution is 6.29. The third kappa shape index (κ3) is 1.22. The Labute approximate surface area is 76.9 Å². The van der Waals surface area contributed by atoms with Crippen LogP contribution in [0.3, 0.4) is 0 Å². The van der Waals surface area contributed by atoms with Crippen molar-refractivity contribution in [2.75, 3.05) is 0 Å². The summed E-state index contributed by atoms with van der Waals surface area (Å²) >= 11 is 5.82. The van der Waals surface area contributed by atoms with E-state index in [4.69, 9.17) is 16.7 Å². The summed E-state index contributed by atoms with van der Waals surface area (Å²) in [5, 5.41) is 8.10. The van der Waals surface area contributed by atoms with Gasteiger partial charge >= 0.3 is 5.97 Å². The van der Waals surface area contributed by atoms with E-state index in [2.05, 4.69) is 0 Å². The van der Waals surface area contributed by atoms with Crippen molar-refractivity contribution in [3.05, 3.63) is 0 Å². The van der Waals surface area contributed by atoms with Crippen molar-refractivity contribution in [1.82, 2.24) is 0 Å². The molecule has 0 amide bonds. The number of fused-ring (bicyclic) bond motifs is 2. The summed E-state index contributed by atoms with van der Waals surface area (Å²) < 4.78 is 0. The molecule has 0 radical (unpaired) electrons. The number of carboxylic acids is 1. The van der Waals surface area contributed by atoms with Crippen LogP contribution in [0.2, 0.25) is 0 Å². The summed E-state index contributed by atoms with van der Waals surface area (Å²) in [6, 6.07) is 0. The summed E-state index contributed by atoms with van der Waals surface area (Å²) in [6.45, 7) is 0. The van der Waals surface area contributed by atoms with Gasteiger partial charge in [0.1, 0.15) is 5.38 Å². The van der Waals surface area contributed by atoms with Gasteiger partial charge < -0.3 is 5.11 Å². The van der Waals surface area contributed by atoms with Gasteiger partial charge in [-0.15, -0.1) is 11.6 Å². The maximum absolute atomic E-state index is 10.6. The number of carboxylic acid groups (broad SMARTS) is 1. The Morgan fingerprint density at radius 2 is 2.17 bits per heavy atom. The van der Waals surface area contributed by atoms with Crippen molar-refractivity contribution in [3.8, 4) is 0 Å². The molecule has 1 N–H and O–H groups in total. The van der Waals surface area contributed by atoms with Gasteiger partial charge in [-0.1, -0.05) is 6.42 Å². The average molecular weight is 189 g/mol. The zero-order valence-electron chi connectivity index (χ0n) is 6.87. The van der Waals surface area contributed by atoms with Gasteiger partial charge in [0.2, 0.25) is 0 Å². The van der Waals surface area contributed by atoms with E-state index in [9.17, 15) is 4.79 Å². The molecule has 2 fully saturated rings. The third-order valence-electron chi connectivity index (χ3n) is 3.40. The predicted octanol–water partition coefficient (Wildman–Crippen LogP) is 2.11. The van der Waals surface area contributed by atoms with Crippen LogP contribution in [0.25, 0.3) is 0 Å². The highest BCUT2D eigenvalue weighted by atomic mass is 35.5. The van der Waals surface area contributed by atoms with Crippen LogP contribution in [0.15, 0.2) is 0 Å². The summed E-state index contributed by atoms with van der Waals surface area (Å²) in [7, 11) is 0. The normalized spacial score (nSPS) is 41.6. The Hall–Kier alpha value is -0.240. The first-order chi connectivity index (χ1) is 5.68. The first kappa shape index (κ1) is 8.36. The molecule has 0 unspecified atom stereocenters. The maximum atomic E-state index is 10.6. The number of hydrogen-bond donors (Lipinski definition) is 1. The standard InChI is InChI=1S/C9H13ClO2/c10-8(9(11)12)7-4-5-1-2-6(7)3-5/h5-8H,1-4H2,(H,11,12)/t5-,6-,7+,8-/m0/s1. The number of aliphatic carboxylic acids is 1. The lowest BCUT2D eigenvalue weighted by atomic mass is 9.86. The van der Waals surface area contributed by atoms with E-state index >= 15 is 0 Å². The van der Waals surface area contributed by atoms with Crippen LogP contribution >= 0.6 is 11.6 Å². The van der Waals surface area contributed by atoms with Crippen LogP contribution in [0.5, 0.6) is 0 Å². The van der Waals surface area contributed by atoms with Gasteiger partial charge in [-0.25, -0.2) is 0 Å². The van der Waals surface area contributed by atoms with Gasteiger partial charge in [-0.3, -0.25) is 4.79 Å². The van der Waals surface area contributed by atoms with Crippen LogP contribution in [0.1, 0.15) is 25.7 Å². The van der Waals surface area contributed by atoms with Crippen LogP contribution in [-0.2, 0) is 4.79 Å². The van der Waals surface area contributed by atoms with Crippen LogP contribution in [0, 0.1) is 17.8 Å². The molecular formula is C9H13ClO2. The van der Waals surface area contributed by atoms with Gasteiger partial charge in [0.05, 0.1) is 0 Å². The van der Waals surface area contributed by atoms with Crippen molar-refractivity contribution in [2.45, 2.75) is 31.1 Å². The summed E-state index contributed by atoms with van der Waals surface area (Å²) in [5.74, 6) is 0.798. The molecule has 3 heteroatoms. The number of halogens is 1.